The van der Waals surface area contributed by atoms with Crippen molar-refractivity contribution in [1.82, 2.24) is 0 Å². The first-order chi connectivity index (χ1) is 11.3. The molecule has 116 valence electrons. The summed E-state index contributed by atoms with van der Waals surface area (Å²) in [5.74, 6) is 1.07. The van der Waals surface area contributed by atoms with Crippen LogP contribution < -0.4 is 0 Å². The van der Waals surface area contributed by atoms with Gasteiger partial charge >= 0.3 is 37.9 Å². The van der Waals surface area contributed by atoms with Gasteiger partial charge in [-0.1, -0.05) is 48.6 Å². The minimum absolute atomic E-state index is 0.537. The Bertz CT molecular complexity index is 564. The second-order valence-electron chi connectivity index (χ2n) is 5.10. The van der Waals surface area contributed by atoms with Crippen molar-refractivity contribution in [2.24, 2.45) is 0 Å². The second-order valence-corrected chi connectivity index (χ2v) is 8.83. The van der Waals surface area contributed by atoms with Crippen molar-refractivity contribution in [3.63, 3.8) is 0 Å². The first-order valence-electron chi connectivity index (χ1n) is 7.44. The van der Waals surface area contributed by atoms with E-state index in [-0.39, 0.29) is 0 Å². The molecule has 2 aliphatic rings. The molecule has 0 N–H and O–H groups in total. The topological polar surface area (TPSA) is 0 Å². The fraction of sp³-hybridized carbons (Fsp3) is 0.100. The number of allylic oxidation sites excluding steroid dienone is 8. The molecular formula is C20H18Cl2Zr. The molecular weight excluding hydrogens is 402 g/mol. The normalized spacial score (nSPS) is 15.0. The summed E-state index contributed by atoms with van der Waals surface area (Å²) in [7, 11) is 9.87. The molecule has 0 unspecified atom stereocenters. The Morgan fingerprint density at radius 2 is 1.04 bits per heavy atom. The standard InChI is InChI=1S/2C10H9.2ClH.Zr/c2*1-2-6-9(5-1)10-7-3-4-8-10;;;/h2*1-9H;2*1H;/q2*-1;;;+4/p-2. The van der Waals surface area contributed by atoms with Gasteiger partial charge in [0.15, 0.2) is 0 Å². The van der Waals surface area contributed by atoms with Crippen molar-refractivity contribution < 1.29 is 20.8 Å². The van der Waals surface area contributed by atoms with Crippen molar-refractivity contribution >= 4 is 17.0 Å². The van der Waals surface area contributed by atoms with Crippen molar-refractivity contribution in [3.05, 3.63) is 108 Å². The summed E-state index contributed by atoms with van der Waals surface area (Å²) in [4.78, 5) is 0. The summed E-state index contributed by atoms with van der Waals surface area (Å²) >= 11 is -0.826. The van der Waals surface area contributed by atoms with Crippen molar-refractivity contribution in [3.8, 4) is 0 Å². The van der Waals surface area contributed by atoms with Crippen LogP contribution in [-0.4, -0.2) is 0 Å². The molecule has 0 saturated heterocycles. The molecule has 0 spiro atoms. The van der Waals surface area contributed by atoms with Crippen LogP contribution in [0.4, 0.5) is 0 Å². The molecule has 0 fully saturated rings. The third kappa shape index (κ3) is 6.26. The summed E-state index contributed by atoms with van der Waals surface area (Å²) in [6.45, 7) is 0. The Labute approximate surface area is 157 Å². The van der Waals surface area contributed by atoms with Crippen LogP contribution in [0, 0.1) is 0 Å². The van der Waals surface area contributed by atoms with E-state index in [4.69, 9.17) is 17.0 Å². The van der Waals surface area contributed by atoms with E-state index >= 15 is 0 Å². The van der Waals surface area contributed by atoms with Crippen LogP contribution in [0.3, 0.4) is 0 Å². The van der Waals surface area contributed by atoms with E-state index in [1.54, 1.807) is 0 Å². The van der Waals surface area contributed by atoms with Gasteiger partial charge in [-0.15, -0.1) is 0 Å². The van der Waals surface area contributed by atoms with Crippen molar-refractivity contribution in [2.45, 2.75) is 11.8 Å². The molecule has 0 radical (unpaired) electrons. The van der Waals surface area contributed by atoms with Gasteiger partial charge in [-0.2, -0.15) is 35.4 Å². The van der Waals surface area contributed by atoms with E-state index in [1.807, 2.05) is 0 Å². The fourth-order valence-electron chi connectivity index (χ4n) is 2.53. The average Bonchev–Trinajstić information content (AvgIpc) is 3.40. The molecule has 0 aliphatic heterocycles. The van der Waals surface area contributed by atoms with Crippen molar-refractivity contribution in [2.75, 3.05) is 0 Å². The first-order valence-corrected chi connectivity index (χ1v) is 13.8. The van der Waals surface area contributed by atoms with Crippen LogP contribution in [0.25, 0.3) is 0 Å². The SMILES string of the molecule is C1=CC(c2ccc[cH-]2)C=C1.C1=CC(c2ccc[cH-]2)C=C1.[Cl][Zr+2][Cl]. The van der Waals surface area contributed by atoms with Crippen LogP contribution in [0.5, 0.6) is 0 Å². The predicted molar refractivity (Wildman–Crippen MR) is 97.8 cm³/mol. The van der Waals surface area contributed by atoms with Crippen LogP contribution in [0.1, 0.15) is 23.0 Å². The summed E-state index contributed by atoms with van der Waals surface area (Å²) in [6.07, 6.45) is 17.2. The Morgan fingerprint density at radius 3 is 1.30 bits per heavy atom. The zero-order valence-electron chi connectivity index (χ0n) is 12.6. The average molecular weight is 420 g/mol. The van der Waals surface area contributed by atoms with Crippen LogP contribution in [0.2, 0.25) is 0 Å². The van der Waals surface area contributed by atoms with E-state index in [9.17, 15) is 0 Å². The second kappa shape index (κ2) is 10.8. The molecule has 0 atom stereocenters. The van der Waals surface area contributed by atoms with Crippen LogP contribution in [0.15, 0.2) is 97.1 Å². The molecule has 0 nitrogen and oxygen atoms in total. The molecule has 2 aromatic rings. The third-order valence-corrected chi connectivity index (χ3v) is 3.64. The van der Waals surface area contributed by atoms with Gasteiger partial charge in [-0.05, 0) is 11.8 Å². The number of hydrogen-bond acceptors (Lipinski definition) is 0. The Hall–Kier alpha value is -0.877. The quantitative estimate of drug-likeness (QED) is 0.480. The molecule has 0 bridgehead atoms. The third-order valence-electron chi connectivity index (χ3n) is 3.64. The van der Waals surface area contributed by atoms with E-state index in [0.717, 1.165) is 0 Å². The number of hydrogen-bond donors (Lipinski definition) is 0. The summed E-state index contributed by atoms with van der Waals surface area (Å²) < 4.78 is 0. The van der Waals surface area contributed by atoms with Gasteiger partial charge < -0.3 is 0 Å². The molecule has 0 heterocycles. The van der Waals surface area contributed by atoms with E-state index in [1.165, 1.54) is 11.1 Å². The zero-order chi connectivity index (χ0) is 16.3. The molecule has 0 amide bonds. The van der Waals surface area contributed by atoms with Gasteiger partial charge in [0.05, 0.1) is 0 Å². The van der Waals surface area contributed by atoms with E-state index in [2.05, 4.69) is 97.1 Å². The Kier molecular flexibility index (Phi) is 8.68. The first kappa shape index (κ1) is 18.5. The van der Waals surface area contributed by atoms with Crippen molar-refractivity contribution in [1.29, 1.82) is 0 Å². The molecule has 3 heteroatoms. The van der Waals surface area contributed by atoms with Gasteiger partial charge in [0.25, 0.3) is 0 Å². The molecule has 2 aliphatic carbocycles. The summed E-state index contributed by atoms with van der Waals surface area (Å²) in [5, 5.41) is 0. The number of rotatable bonds is 2. The minimum atomic E-state index is -0.826. The summed E-state index contributed by atoms with van der Waals surface area (Å²) in [5.41, 5.74) is 2.79. The van der Waals surface area contributed by atoms with Gasteiger partial charge in [0, 0.05) is 0 Å². The van der Waals surface area contributed by atoms with E-state index in [0.29, 0.717) is 11.8 Å². The fourth-order valence-corrected chi connectivity index (χ4v) is 2.53. The monoisotopic (exact) mass is 418 g/mol. The number of halogens is 2. The maximum absolute atomic E-state index is 4.93. The maximum atomic E-state index is 4.93. The molecule has 4 rings (SSSR count). The van der Waals surface area contributed by atoms with Gasteiger partial charge in [0.1, 0.15) is 0 Å². The van der Waals surface area contributed by atoms with Gasteiger partial charge in [-0.3, -0.25) is 0 Å². The Balaban J connectivity index is 0.000000143. The van der Waals surface area contributed by atoms with Crippen LogP contribution in [-0.2, 0) is 20.8 Å². The predicted octanol–water partition coefficient (Wildman–Crippen LogP) is 6.61. The molecule has 23 heavy (non-hydrogen) atoms. The van der Waals surface area contributed by atoms with Gasteiger partial charge in [0.2, 0.25) is 0 Å². The molecule has 0 aromatic heterocycles. The van der Waals surface area contributed by atoms with Gasteiger partial charge in [-0.25, -0.2) is 24.3 Å². The zero-order valence-corrected chi connectivity index (χ0v) is 16.6. The molecule has 2 aromatic carbocycles. The summed E-state index contributed by atoms with van der Waals surface area (Å²) in [6, 6.07) is 16.9. The van der Waals surface area contributed by atoms with Crippen LogP contribution >= 0.6 is 17.0 Å². The van der Waals surface area contributed by atoms with E-state index < -0.39 is 20.8 Å². The Morgan fingerprint density at radius 1 is 0.696 bits per heavy atom. The molecule has 0 saturated carbocycles.